The van der Waals surface area contributed by atoms with Crippen LogP contribution in [0, 0.1) is 5.41 Å². The number of nitrogens with one attached hydrogen (secondary N) is 1. The summed E-state index contributed by atoms with van der Waals surface area (Å²) in [4.78, 5) is 11.2. The van der Waals surface area contributed by atoms with Crippen molar-refractivity contribution in [3.63, 3.8) is 0 Å². The summed E-state index contributed by atoms with van der Waals surface area (Å²) < 4.78 is 0. The van der Waals surface area contributed by atoms with Crippen LogP contribution in [-0.2, 0) is 4.79 Å². The van der Waals surface area contributed by atoms with Crippen molar-refractivity contribution in [1.82, 2.24) is 5.32 Å². The Morgan fingerprint density at radius 3 is 2.58 bits per heavy atom. The van der Waals surface area contributed by atoms with E-state index < -0.39 is 0 Å². The third-order valence-electron chi connectivity index (χ3n) is 2.53. The van der Waals surface area contributed by atoms with Crippen LogP contribution in [0.1, 0.15) is 46.5 Å². The second-order valence-corrected chi connectivity index (χ2v) is 4.73. The highest BCUT2D eigenvalue weighted by Crippen LogP contribution is 2.25. The molecule has 1 N–H and O–H groups in total. The molecule has 1 rings (SSSR count). The van der Waals surface area contributed by atoms with Gasteiger partial charge in [0, 0.05) is 12.5 Å². The molecule has 0 bridgehead atoms. The Morgan fingerprint density at radius 2 is 2.00 bits per heavy atom. The van der Waals surface area contributed by atoms with Crippen LogP contribution < -0.4 is 5.32 Å². The Kier molecular flexibility index (Phi) is 2.76. The van der Waals surface area contributed by atoms with Gasteiger partial charge in [0.25, 0.3) is 0 Å². The van der Waals surface area contributed by atoms with Gasteiger partial charge in [-0.2, -0.15) is 0 Å². The second-order valence-electron chi connectivity index (χ2n) is 4.73. The molecule has 70 valence electrons. The summed E-state index contributed by atoms with van der Waals surface area (Å²) in [7, 11) is 0. The van der Waals surface area contributed by atoms with E-state index in [9.17, 15) is 4.79 Å². The van der Waals surface area contributed by atoms with Gasteiger partial charge in [0.05, 0.1) is 0 Å². The van der Waals surface area contributed by atoms with Gasteiger partial charge in [-0.3, -0.25) is 4.79 Å². The van der Waals surface area contributed by atoms with Gasteiger partial charge in [-0.1, -0.05) is 27.2 Å². The summed E-state index contributed by atoms with van der Waals surface area (Å²) in [6.07, 6.45) is 4.08. The highest BCUT2D eigenvalue weighted by atomic mass is 16.1. The van der Waals surface area contributed by atoms with Crippen LogP contribution in [-0.4, -0.2) is 11.9 Å². The van der Waals surface area contributed by atoms with E-state index in [1.54, 1.807) is 0 Å². The maximum absolute atomic E-state index is 11.2. The fraction of sp³-hybridized carbons (Fsp3) is 0.900. The van der Waals surface area contributed by atoms with Gasteiger partial charge in [0.15, 0.2) is 0 Å². The van der Waals surface area contributed by atoms with Crippen LogP contribution in [0.5, 0.6) is 0 Å². The van der Waals surface area contributed by atoms with Crippen LogP contribution in [0.25, 0.3) is 0 Å². The number of amides is 1. The van der Waals surface area contributed by atoms with E-state index in [-0.39, 0.29) is 11.3 Å². The van der Waals surface area contributed by atoms with Crippen LogP contribution in [0.2, 0.25) is 0 Å². The van der Waals surface area contributed by atoms with Gasteiger partial charge in [-0.15, -0.1) is 0 Å². The highest BCUT2D eigenvalue weighted by molar-refractivity contribution is 5.76. The molecule has 1 aliphatic heterocycles. The highest BCUT2D eigenvalue weighted by Gasteiger charge is 2.27. The van der Waals surface area contributed by atoms with E-state index in [0.717, 1.165) is 12.8 Å². The average molecular weight is 169 g/mol. The van der Waals surface area contributed by atoms with Crippen molar-refractivity contribution in [1.29, 1.82) is 0 Å². The normalized spacial score (nSPS) is 26.2. The molecular weight excluding hydrogens is 150 g/mol. The Labute approximate surface area is 74.7 Å². The Balaban J connectivity index is 2.58. The quantitative estimate of drug-likeness (QED) is 0.591. The average Bonchev–Trinajstić information content (AvgIpc) is 2.11. The number of carbonyl (C=O) groups excluding carboxylic acids is 1. The second kappa shape index (κ2) is 3.46. The molecule has 1 heterocycles. The molecule has 0 radical (unpaired) electrons. The molecule has 0 aromatic heterocycles. The van der Waals surface area contributed by atoms with Crippen molar-refractivity contribution in [2.24, 2.45) is 5.41 Å². The van der Waals surface area contributed by atoms with Crippen molar-refractivity contribution in [2.45, 2.75) is 52.5 Å². The smallest absolute Gasteiger partial charge is 0.220 e. The van der Waals surface area contributed by atoms with E-state index in [2.05, 4.69) is 26.1 Å². The van der Waals surface area contributed by atoms with Gasteiger partial charge in [0.1, 0.15) is 0 Å². The van der Waals surface area contributed by atoms with Crippen molar-refractivity contribution >= 4 is 5.91 Å². The van der Waals surface area contributed by atoms with Gasteiger partial charge in [-0.25, -0.2) is 0 Å². The predicted molar refractivity (Wildman–Crippen MR) is 49.9 cm³/mol. The summed E-state index contributed by atoms with van der Waals surface area (Å²) in [5, 5.41) is 3.08. The van der Waals surface area contributed by atoms with Crippen LogP contribution in [0.15, 0.2) is 0 Å². The van der Waals surface area contributed by atoms with Gasteiger partial charge in [-0.05, 0) is 18.3 Å². The molecule has 0 aromatic rings. The summed E-state index contributed by atoms with van der Waals surface area (Å²) in [6.45, 7) is 6.55. The third kappa shape index (κ3) is 2.50. The first-order valence-electron chi connectivity index (χ1n) is 4.79. The third-order valence-corrected chi connectivity index (χ3v) is 2.53. The minimum Gasteiger partial charge on any atom is -0.353 e. The lowest BCUT2D eigenvalue weighted by atomic mass is 9.84. The predicted octanol–water partition coefficient (Wildman–Crippen LogP) is 2.09. The van der Waals surface area contributed by atoms with Crippen LogP contribution >= 0.6 is 0 Å². The lowest BCUT2D eigenvalue weighted by Crippen LogP contribution is -2.42. The zero-order valence-electron chi connectivity index (χ0n) is 8.31. The number of rotatable bonds is 0. The van der Waals surface area contributed by atoms with Crippen molar-refractivity contribution in [3.8, 4) is 0 Å². The minimum absolute atomic E-state index is 0.208. The summed E-state index contributed by atoms with van der Waals surface area (Å²) in [5.41, 5.74) is 0.208. The number of hydrogen-bond acceptors (Lipinski definition) is 1. The fourth-order valence-corrected chi connectivity index (χ4v) is 1.62. The van der Waals surface area contributed by atoms with E-state index >= 15 is 0 Å². The minimum atomic E-state index is 0.208. The van der Waals surface area contributed by atoms with Crippen molar-refractivity contribution < 1.29 is 4.79 Å². The zero-order chi connectivity index (χ0) is 9.19. The topological polar surface area (TPSA) is 29.1 Å². The molecule has 0 spiro atoms. The Hall–Kier alpha value is -0.530. The van der Waals surface area contributed by atoms with Crippen molar-refractivity contribution in [2.75, 3.05) is 0 Å². The lowest BCUT2D eigenvalue weighted by molar-refractivity contribution is -0.122. The SMILES string of the molecule is CC(C)(C)[C@H]1CCCCC(=O)N1. The summed E-state index contributed by atoms with van der Waals surface area (Å²) in [6, 6.07) is 0.368. The molecule has 2 nitrogen and oxygen atoms in total. The first-order chi connectivity index (χ1) is 5.50. The molecule has 12 heavy (non-hydrogen) atoms. The molecule has 1 saturated heterocycles. The standard InChI is InChI=1S/C10H19NO/c1-10(2,3)8-6-4-5-7-9(12)11-8/h8H,4-7H2,1-3H3,(H,11,12)/t8-/m1/s1. The van der Waals surface area contributed by atoms with Crippen LogP contribution in [0.4, 0.5) is 0 Å². The number of carbonyl (C=O) groups is 1. The van der Waals surface area contributed by atoms with E-state index in [4.69, 9.17) is 0 Å². The maximum Gasteiger partial charge on any atom is 0.220 e. The molecule has 0 aliphatic carbocycles. The monoisotopic (exact) mass is 169 g/mol. The summed E-state index contributed by atoms with van der Waals surface area (Å²) >= 11 is 0. The Bertz CT molecular complexity index is 169. The lowest BCUT2D eigenvalue weighted by Gasteiger charge is -2.30. The van der Waals surface area contributed by atoms with Gasteiger partial charge >= 0.3 is 0 Å². The Morgan fingerprint density at radius 1 is 1.33 bits per heavy atom. The zero-order valence-corrected chi connectivity index (χ0v) is 8.31. The van der Waals surface area contributed by atoms with Crippen molar-refractivity contribution in [3.05, 3.63) is 0 Å². The van der Waals surface area contributed by atoms with E-state index in [1.165, 1.54) is 6.42 Å². The van der Waals surface area contributed by atoms with Gasteiger partial charge in [0.2, 0.25) is 5.91 Å². The van der Waals surface area contributed by atoms with E-state index in [0.29, 0.717) is 12.5 Å². The molecule has 0 saturated carbocycles. The molecule has 0 unspecified atom stereocenters. The number of hydrogen-bond donors (Lipinski definition) is 1. The molecule has 1 fully saturated rings. The van der Waals surface area contributed by atoms with E-state index in [1.807, 2.05) is 0 Å². The molecular formula is C10H19NO. The fourth-order valence-electron chi connectivity index (χ4n) is 1.62. The largest absolute Gasteiger partial charge is 0.353 e. The summed E-state index contributed by atoms with van der Waals surface area (Å²) in [5.74, 6) is 0.229. The van der Waals surface area contributed by atoms with Gasteiger partial charge < -0.3 is 5.32 Å². The first-order valence-corrected chi connectivity index (χ1v) is 4.79. The molecule has 2 heteroatoms. The van der Waals surface area contributed by atoms with Crippen LogP contribution in [0.3, 0.4) is 0 Å². The molecule has 1 aliphatic rings. The molecule has 1 amide bonds. The molecule has 0 aromatic carbocycles. The molecule has 1 atom stereocenters. The first kappa shape index (κ1) is 9.56. The maximum atomic E-state index is 11.2.